The molecule has 0 aromatic heterocycles. The smallest absolute Gasteiger partial charge is 0.261 e. The molecule has 0 saturated carbocycles. The fraction of sp³-hybridized carbons (Fsp3) is 0.348. The van der Waals surface area contributed by atoms with E-state index < -0.39 is 0 Å². The van der Waals surface area contributed by atoms with Crippen molar-refractivity contribution < 1.29 is 14.3 Å². The molecule has 2 amide bonds. The number of rotatable bonds is 4. The number of imide groups is 1. The number of benzene rings is 4. The van der Waals surface area contributed by atoms with Gasteiger partial charge in [0.25, 0.3) is 11.8 Å². The quantitative estimate of drug-likeness (QED) is 0.185. The molecule has 11 heteroatoms. The predicted octanol–water partition coefficient (Wildman–Crippen LogP) is 13.3. The van der Waals surface area contributed by atoms with Gasteiger partial charge in [0, 0.05) is 64.1 Å². The first-order valence-electron chi connectivity index (χ1n) is 19.7. The number of hydrogen-bond donors (Lipinski definition) is 0. The van der Waals surface area contributed by atoms with Crippen LogP contribution < -0.4 is 4.90 Å². The van der Waals surface area contributed by atoms with Crippen LogP contribution in [0, 0.1) is 11.8 Å². The van der Waals surface area contributed by atoms with Crippen LogP contribution in [0.1, 0.15) is 79.3 Å². The minimum Gasteiger partial charge on any atom is -0.378 e. The van der Waals surface area contributed by atoms with Gasteiger partial charge in [-0.2, -0.15) is 0 Å². The molecule has 5 heterocycles. The van der Waals surface area contributed by atoms with E-state index in [1.165, 1.54) is 52.0 Å². The van der Waals surface area contributed by atoms with E-state index in [-0.39, 0.29) is 17.9 Å². The highest BCUT2D eigenvalue weighted by Gasteiger charge is 2.36. The van der Waals surface area contributed by atoms with E-state index in [2.05, 4.69) is 86.5 Å². The fourth-order valence-electron chi connectivity index (χ4n) is 7.97. The van der Waals surface area contributed by atoms with Crippen LogP contribution in [0.5, 0.6) is 0 Å². The van der Waals surface area contributed by atoms with Gasteiger partial charge >= 0.3 is 0 Å². The second-order valence-electron chi connectivity index (χ2n) is 15.4. The summed E-state index contributed by atoms with van der Waals surface area (Å²) in [7, 11) is 0. The summed E-state index contributed by atoms with van der Waals surface area (Å²) >= 11 is 12.0. The molecule has 0 atom stereocenters. The molecule has 0 N–H and O–H groups in total. The maximum atomic E-state index is 12.8. The highest BCUT2D eigenvalue weighted by atomic mass is 32.3. The molecule has 0 unspecified atom stereocenters. The number of morpholine rings is 1. The molecule has 6 aliphatic rings. The number of hydrogen-bond acceptors (Lipinski definition) is 10. The lowest BCUT2D eigenvalue weighted by Gasteiger charge is -2.33. The molecule has 1 fully saturated rings. The molecular weight excluding hydrogens is 821 g/mol. The van der Waals surface area contributed by atoms with E-state index in [9.17, 15) is 9.59 Å². The number of nitrogens with zero attached hydrogens (tertiary/aromatic N) is 2. The molecule has 5 aliphatic heterocycles. The first kappa shape index (κ1) is 41.1. The largest absolute Gasteiger partial charge is 0.378 e. The van der Waals surface area contributed by atoms with Gasteiger partial charge in [0.05, 0.1) is 30.2 Å². The van der Waals surface area contributed by atoms with Crippen molar-refractivity contribution in [3.05, 3.63) is 128 Å². The van der Waals surface area contributed by atoms with Crippen molar-refractivity contribution >= 4 is 98.8 Å². The summed E-state index contributed by atoms with van der Waals surface area (Å²) in [6, 6.07) is 27.0. The van der Waals surface area contributed by atoms with Crippen LogP contribution in [0.4, 0.5) is 5.69 Å². The first-order chi connectivity index (χ1) is 27.6. The highest BCUT2D eigenvalue weighted by molar-refractivity contribution is 8.43. The number of fused-ring (bicyclic) bond motifs is 3. The normalized spacial score (nSPS) is 18.9. The van der Waals surface area contributed by atoms with Gasteiger partial charge < -0.3 is 9.64 Å². The Morgan fingerprint density at radius 3 is 1.77 bits per heavy atom. The van der Waals surface area contributed by atoms with E-state index in [4.69, 9.17) is 4.74 Å². The van der Waals surface area contributed by atoms with E-state index in [0.29, 0.717) is 42.1 Å². The molecule has 4 aromatic rings. The molecule has 57 heavy (non-hydrogen) atoms. The van der Waals surface area contributed by atoms with Crippen molar-refractivity contribution in [1.29, 1.82) is 0 Å². The second kappa shape index (κ2) is 17.9. The molecule has 0 radical (unpaired) electrons. The number of carbonyl (C=O) groups is 2. The number of thioether (sulfide) groups is 6. The molecule has 5 nitrogen and oxygen atoms in total. The van der Waals surface area contributed by atoms with Gasteiger partial charge in [-0.15, -0.1) is 23.5 Å². The maximum Gasteiger partial charge on any atom is 0.261 e. The van der Waals surface area contributed by atoms with Crippen LogP contribution in [-0.4, -0.2) is 60.6 Å². The zero-order valence-electron chi connectivity index (χ0n) is 33.2. The van der Waals surface area contributed by atoms with Crippen LogP contribution in [0.2, 0.25) is 0 Å². The number of ether oxygens (including phenoxy) is 1. The Morgan fingerprint density at radius 2 is 1.21 bits per heavy atom. The van der Waals surface area contributed by atoms with Crippen LogP contribution >= 0.6 is 70.6 Å². The topological polar surface area (TPSA) is 49.9 Å². The van der Waals surface area contributed by atoms with Crippen molar-refractivity contribution in [2.24, 2.45) is 11.8 Å². The van der Waals surface area contributed by atoms with Crippen molar-refractivity contribution in [3.8, 4) is 11.1 Å². The Bertz CT molecular complexity index is 2220. The zero-order chi connectivity index (χ0) is 39.8. The summed E-state index contributed by atoms with van der Waals surface area (Å²) in [6.07, 6.45) is 0. The Kier molecular flexibility index (Phi) is 12.9. The number of amides is 2. The maximum absolute atomic E-state index is 12.8. The second-order valence-corrected chi connectivity index (χ2v) is 22.6. The molecule has 1 aliphatic carbocycles. The van der Waals surface area contributed by atoms with Gasteiger partial charge in [-0.1, -0.05) is 135 Å². The fourth-order valence-corrected chi connectivity index (χ4v) is 16.7. The predicted molar refractivity (Wildman–Crippen MR) is 253 cm³/mol. The monoisotopic (exact) mass is 868 g/mol. The summed E-state index contributed by atoms with van der Waals surface area (Å²) in [5.41, 5.74) is 8.15. The summed E-state index contributed by atoms with van der Waals surface area (Å²) in [5.74, 6) is 4.04. The van der Waals surface area contributed by atoms with E-state index >= 15 is 0 Å². The SMILES string of the molecule is CC(C)C1=CSC(=C2SC3=C(SCCS3)S2)S1.CC(C)C1c2ccccc2-c2ccccc21.CC(C)N1C(=O)c2cccc3c(N4CCOCC4)ccc(c23)C1=O. The Balaban J connectivity index is 0.000000123. The van der Waals surface area contributed by atoms with E-state index in [1.54, 1.807) is 8.47 Å². The van der Waals surface area contributed by atoms with Crippen LogP contribution in [0.15, 0.2) is 106 Å². The average molecular weight is 869 g/mol. The van der Waals surface area contributed by atoms with Gasteiger partial charge in [-0.05, 0) is 76.4 Å². The van der Waals surface area contributed by atoms with E-state index in [0.717, 1.165) is 29.5 Å². The molecule has 0 spiro atoms. The molecule has 0 bridgehead atoms. The van der Waals surface area contributed by atoms with Gasteiger partial charge in [0.15, 0.2) is 0 Å². The van der Waals surface area contributed by atoms with Crippen molar-refractivity contribution in [3.63, 3.8) is 0 Å². The van der Waals surface area contributed by atoms with Crippen molar-refractivity contribution in [1.82, 2.24) is 4.90 Å². The first-order valence-corrected chi connectivity index (χ1v) is 25.0. The third-order valence-corrected chi connectivity index (χ3v) is 19.6. The van der Waals surface area contributed by atoms with Gasteiger partial charge in [0.2, 0.25) is 0 Å². The molecule has 4 aromatic carbocycles. The zero-order valence-corrected chi connectivity index (χ0v) is 38.1. The van der Waals surface area contributed by atoms with Crippen molar-refractivity contribution in [2.75, 3.05) is 42.7 Å². The molecule has 1 saturated heterocycles. The highest BCUT2D eigenvalue weighted by Crippen LogP contribution is 2.64. The average Bonchev–Trinajstić information content (AvgIpc) is 3.97. The van der Waals surface area contributed by atoms with Crippen molar-refractivity contribution in [2.45, 2.75) is 53.5 Å². The standard InChI is InChI=1S/C19H20N2O3.C16H16.C11H12S6/c1-12(2)21-18(22)14-5-3-4-13-16(20-8-10-24-11-9-20)7-6-15(17(13)14)19(21)23;1-11(2)16-14-9-5-3-7-12(14)13-8-4-6-10-15(13)16;1-6(2)7-5-14-10(15-7)11-16-8-9(17-11)13-4-3-12-8/h3-7,12H,8-11H2,1-2H3;3-11,16H,1-2H3;5-6H,3-4H2,1-2H3. The minimum atomic E-state index is -0.202. The number of allylic oxidation sites excluding steroid dienone is 1. The number of anilines is 1. The van der Waals surface area contributed by atoms with Gasteiger partial charge in [0.1, 0.15) is 0 Å². The Labute approximate surface area is 363 Å². The van der Waals surface area contributed by atoms with Crippen LogP contribution in [0.3, 0.4) is 0 Å². The van der Waals surface area contributed by atoms with Gasteiger partial charge in [-0.25, -0.2) is 0 Å². The van der Waals surface area contributed by atoms with Gasteiger partial charge in [-0.3, -0.25) is 14.5 Å². The van der Waals surface area contributed by atoms with E-state index in [1.807, 2.05) is 115 Å². The summed E-state index contributed by atoms with van der Waals surface area (Å²) in [6.45, 7) is 15.9. The third-order valence-electron chi connectivity index (χ3n) is 10.6. The Morgan fingerprint density at radius 1 is 0.632 bits per heavy atom. The lowest BCUT2D eigenvalue weighted by Crippen LogP contribution is -2.44. The third kappa shape index (κ3) is 8.28. The minimum absolute atomic E-state index is 0.160. The van der Waals surface area contributed by atoms with Crippen LogP contribution in [-0.2, 0) is 4.74 Å². The molecule has 10 rings (SSSR count). The number of carbonyl (C=O) groups excluding carboxylic acids is 2. The van der Waals surface area contributed by atoms with Crippen LogP contribution in [0.25, 0.3) is 21.9 Å². The summed E-state index contributed by atoms with van der Waals surface area (Å²) in [4.78, 5) is 30.8. The summed E-state index contributed by atoms with van der Waals surface area (Å²) in [5, 5.41) is 4.08. The Hall–Kier alpha value is -2.64. The lowest BCUT2D eigenvalue weighted by molar-refractivity contribution is 0.0564. The lowest BCUT2D eigenvalue weighted by atomic mass is 9.87. The molecule has 296 valence electrons. The molecular formula is C46H48N2O3S6. The summed E-state index contributed by atoms with van der Waals surface area (Å²) < 4.78 is 11.5.